The van der Waals surface area contributed by atoms with Crippen LogP contribution in [0, 0.1) is 5.92 Å². The first-order chi connectivity index (χ1) is 10.5. The van der Waals surface area contributed by atoms with Gasteiger partial charge >= 0.3 is 0 Å². The number of benzene rings is 1. The number of para-hydroxylation sites is 2. The SMILES string of the molecule is CC(C)Cn1cc(N[C@@H](C)c2nc3ccccc3n2C)cn1. The molecule has 0 aliphatic carbocycles. The largest absolute Gasteiger partial charge is 0.373 e. The first-order valence-corrected chi connectivity index (χ1v) is 7.75. The number of nitrogens with zero attached hydrogens (tertiary/aromatic N) is 4. The van der Waals surface area contributed by atoms with Gasteiger partial charge in [0.15, 0.2) is 0 Å². The number of anilines is 1. The van der Waals surface area contributed by atoms with Crippen LogP contribution in [0.15, 0.2) is 36.7 Å². The molecule has 0 bridgehead atoms. The third-order valence-corrected chi connectivity index (χ3v) is 3.78. The summed E-state index contributed by atoms with van der Waals surface area (Å²) >= 11 is 0. The molecule has 0 saturated carbocycles. The Hall–Kier alpha value is -2.30. The van der Waals surface area contributed by atoms with Gasteiger partial charge in [-0.2, -0.15) is 5.10 Å². The van der Waals surface area contributed by atoms with Gasteiger partial charge in [0.1, 0.15) is 5.82 Å². The molecule has 0 unspecified atom stereocenters. The zero-order chi connectivity index (χ0) is 15.7. The highest BCUT2D eigenvalue weighted by Gasteiger charge is 2.14. The summed E-state index contributed by atoms with van der Waals surface area (Å²) in [7, 11) is 2.06. The maximum absolute atomic E-state index is 4.74. The quantitative estimate of drug-likeness (QED) is 0.782. The van der Waals surface area contributed by atoms with E-state index in [2.05, 4.69) is 55.1 Å². The predicted molar refractivity (Wildman–Crippen MR) is 89.8 cm³/mol. The maximum atomic E-state index is 4.74. The number of fused-ring (bicyclic) bond motifs is 1. The van der Waals surface area contributed by atoms with Gasteiger partial charge in [0.25, 0.3) is 0 Å². The molecule has 0 spiro atoms. The van der Waals surface area contributed by atoms with Gasteiger partial charge in [0.2, 0.25) is 0 Å². The molecule has 2 aromatic heterocycles. The van der Waals surface area contributed by atoms with E-state index in [-0.39, 0.29) is 6.04 Å². The van der Waals surface area contributed by atoms with E-state index in [9.17, 15) is 0 Å². The van der Waals surface area contributed by atoms with Crippen molar-refractivity contribution in [3.63, 3.8) is 0 Å². The normalized spacial score (nSPS) is 13.0. The molecule has 0 radical (unpaired) electrons. The molecule has 1 aromatic carbocycles. The van der Waals surface area contributed by atoms with Gasteiger partial charge in [0.05, 0.1) is 29.0 Å². The lowest BCUT2D eigenvalue weighted by molar-refractivity contribution is 0.483. The molecular weight excluding hydrogens is 274 g/mol. The van der Waals surface area contributed by atoms with Crippen molar-refractivity contribution in [1.82, 2.24) is 19.3 Å². The Balaban J connectivity index is 1.79. The summed E-state index contributed by atoms with van der Waals surface area (Å²) in [6, 6.07) is 8.33. The van der Waals surface area contributed by atoms with Gasteiger partial charge in [-0.25, -0.2) is 4.98 Å². The van der Waals surface area contributed by atoms with E-state index in [0.29, 0.717) is 5.92 Å². The monoisotopic (exact) mass is 297 g/mol. The molecule has 3 rings (SSSR count). The van der Waals surface area contributed by atoms with Crippen molar-refractivity contribution in [2.24, 2.45) is 13.0 Å². The van der Waals surface area contributed by atoms with E-state index >= 15 is 0 Å². The molecule has 5 nitrogen and oxygen atoms in total. The highest BCUT2D eigenvalue weighted by Crippen LogP contribution is 2.22. The smallest absolute Gasteiger partial charge is 0.131 e. The zero-order valence-electron chi connectivity index (χ0n) is 13.6. The van der Waals surface area contributed by atoms with Crippen molar-refractivity contribution in [2.75, 3.05) is 5.32 Å². The van der Waals surface area contributed by atoms with E-state index in [0.717, 1.165) is 29.1 Å². The molecule has 0 fully saturated rings. The molecule has 0 aliphatic heterocycles. The Kier molecular flexibility index (Phi) is 3.88. The van der Waals surface area contributed by atoms with Crippen LogP contribution in [0.4, 0.5) is 5.69 Å². The first kappa shape index (κ1) is 14.6. The van der Waals surface area contributed by atoms with Crippen LogP contribution >= 0.6 is 0 Å². The number of nitrogens with one attached hydrogen (secondary N) is 1. The zero-order valence-corrected chi connectivity index (χ0v) is 13.6. The summed E-state index contributed by atoms with van der Waals surface area (Å²) in [5, 5.41) is 7.88. The van der Waals surface area contributed by atoms with E-state index in [1.807, 2.05) is 29.1 Å². The summed E-state index contributed by atoms with van der Waals surface area (Å²) in [5.74, 6) is 1.61. The van der Waals surface area contributed by atoms with Crippen molar-refractivity contribution in [3.05, 3.63) is 42.5 Å². The standard InChI is InChI=1S/C17H23N5/c1-12(2)10-22-11-14(9-18-22)19-13(3)17-20-15-7-5-6-8-16(15)21(17)4/h5-9,11-13,19H,10H2,1-4H3/t13-/m0/s1. The minimum absolute atomic E-state index is 0.120. The fourth-order valence-electron chi connectivity index (χ4n) is 2.78. The van der Waals surface area contributed by atoms with Crippen LogP contribution in [0.2, 0.25) is 0 Å². The van der Waals surface area contributed by atoms with Crippen molar-refractivity contribution >= 4 is 16.7 Å². The summed E-state index contributed by atoms with van der Waals surface area (Å²) in [6.07, 6.45) is 3.93. The van der Waals surface area contributed by atoms with Crippen LogP contribution in [0.5, 0.6) is 0 Å². The second kappa shape index (κ2) is 5.83. The summed E-state index contributed by atoms with van der Waals surface area (Å²) in [4.78, 5) is 4.74. The summed E-state index contributed by atoms with van der Waals surface area (Å²) < 4.78 is 4.13. The molecule has 5 heteroatoms. The van der Waals surface area contributed by atoms with Gasteiger partial charge < -0.3 is 9.88 Å². The van der Waals surface area contributed by atoms with Gasteiger partial charge in [-0.1, -0.05) is 26.0 Å². The Labute approximate surface area is 131 Å². The molecule has 0 saturated heterocycles. The van der Waals surface area contributed by atoms with Crippen molar-refractivity contribution in [3.8, 4) is 0 Å². The van der Waals surface area contributed by atoms with Gasteiger partial charge in [-0.05, 0) is 25.0 Å². The number of aromatic nitrogens is 4. The molecule has 2 heterocycles. The van der Waals surface area contributed by atoms with Crippen LogP contribution in [-0.4, -0.2) is 19.3 Å². The lowest BCUT2D eigenvalue weighted by Crippen LogP contribution is -2.11. The summed E-state index contributed by atoms with van der Waals surface area (Å²) in [5.41, 5.74) is 3.21. The molecule has 22 heavy (non-hydrogen) atoms. The van der Waals surface area contributed by atoms with Gasteiger partial charge in [0, 0.05) is 19.8 Å². The van der Waals surface area contributed by atoms with E-state index < -0.39 is 0 Å². The third kappa shape index (κ3) is 2.84. The Bertz CT molecular complexity index is 768. The van der Waals surface area contributed by atoms with Crippen LogP contribution in [0.3, 0.4) is 0 Å². The number of aryl methyl sites for hydroxylation is 1. The fourth-order valence-corrected chi connectivity index (χ4v) is 2.78. The Morgan fingerprint density at radius 2 is 1.95 bits per heavy atom. The molecule has 3 aromatic rings. The number of hydrogen-bond donors (Lipinski definition) is 1. The van der Waals surface area contributed by atoms with E-state index in [1.165, 1.54) is 0 Å². The van der Waals surface area contributed by atoms with Crippen molar-refractivity contribution < 1.29 is 0 Å². The minimum atomic E-state index is 0.120. The maximum Gasteiger partial charge on any atom is 0.131 e. The van der Waals surface area contributed by atoms with Crippen LogP contribution in [0.1, 0.15) is 32.6 Å². The molecule has 0 amide bonds. The highest BCUT2D eigenvalue weighted by atomic mass is 15.3. The molecule has 0 aliphatic rings. The van der Waals surface area contributed by atoms with Crippen LogP contribution in [-0.2, 0) is 13.6 Å². The number of rotatable bonds is 5. The Morgan fingerprint density at radius 1 is 1.18 bits per heavy atom. The van der Waals surface area contributed by atoms with E-state index in [4.69, 9.17) is 4.98 Å². The van der Waals surface area contributed by atoms with E-state index in [1.54, 1.807) is 0 Å². The Morgan fingerprint density at radius 3 is 2.68 bits per heavy atom. The second-order valence-electron chi connectivity index (χ2n) is 6.23. The lowest BCUT2D eigenvalue weighted by atomic mass is 10.2. The fraction of sp³-hybridized carbons (Fsp3) is 0.412. The summed E-state index contributed by atoms with van der Waals surface area (Å²) in [6.45, 7) is 7.44. The molecular formula is C17H23N5. The van der Waals surface area contributed by atoms with Crippen LogP contribution < -0.4 is 5.32 Å². The molecule has 1 N–H and O–H groups in total. The van der Waals surface area contributed by atoms with Crippen molar-refractivity contribution in [2.45, 2.75) is 33.4 Å². The van der Waals surface area contributed by atoms with Crippen molar-refractivity contribution in [1.29, 1.82) is 0 Å². The number of hydrogen-bond acceptors (Lipinski definition) is 3. The van der Waals surface area contributed by atoms with Gasteiger partial charge in [-0.15, -0.1) is 0 Å². The van der Waals surface area contributed by atoms with Gasteiger partial charge in [-0.3, -0.25) is 4.68 Å². The lowest BCUT2D eigenvalue weighted by Gasteiger charge is -2.13. The first-order valence-electron chi connectivity index (χ1n) is 7.75. The predicted octanol–water partition coefficient (Wildman–Crippen LogP) is 3.60. The molecule has 116 valence electrons. The topological polar surface area (TPSA) is 47.7 Å². The average Bonchev–Trinajstić information content (AvgIpc) is 3.04. The minimum Gasteiger partial charge on any atom is -0.373 e. The highest BCUT2D eigenvalue weighted by molar-refractivity contribution is 5.76. The third-order valence-electron chi connectivity index (χ3n) is 3.78. The van der Waals surface area contributed by atoms with Crippen LogP contribution in [0.25, 0.3) is 11.0 Å². The average molecular weight is 297 g/mol. The second-order valence-corrected chi connectivity index (χ2v) is 6.23. The molecule has 1 atom stereocenters. The number of imidazole rings is 1.